The second-order valence-corrected chi connectivity index (χ2v) is 4.74. The number of nitrogens with one attached hydrogen (secondary N) is 2. The molecule has 2 aromatic rings. The molecule has 1 heterocycles. The number of hydrogen-bond acceptors (Lipinski definition) is 5. The van der Waals surface area contributed by atoms with Gasteiger partial charge in [0.25, 0.3) is 11.9 Å². The summed E-state index contributed by atoms with van der Waals surface area (Å²) in [6.07, 6.45) is 0. The molecule has 2 rings (SSSR count). The molecule has 2 N–H and O–H groups in total. The van der Waals surface area contributed by atoms with Crippen molar-refractivity contribution in [1.29, 1.82) is 0 Å². The fourth-order valence-electron chi connectivity index (χ4n) is 1.71. The lowest BCUT2D eigenvalue weighted by Crippen LogP contribution is -2.34. The number of benzene rings is 1. The van der Waals surface area contributed by atoms with Crippen molar-refractivity contribution in [2.45, 2.75) is 13.8 Å². The SMILES string of the molecule is Cc1ccc(C(=O)NC(=S)Nc2nnn(C)n2)c(C)c1. The van der Waals surface area contributed by atoms with Crippen molar-refractivity contribution in [2.24, 2.45) is 7.05 Å². The first-order valence-corrected chi connectivity index (χ1v) is 6.30. The second-order valence-electron chi connectivity index (χ2n) is 4.33. The molecule has 8 heteroatoms. The van der Waals surface area contributed by atoms with E-state index in [4.69, 9.17) is 12.2 Å². The molecule has 7 nitrogen and oxygen atoms in total. The largest absolute Gasteiger partial charge is 0.299 e. The van der Waals surface area contributed by atoms with Crippen LogP contribution in [0.25, 0.3) is 0 Å². The van der Waals surface area contributed by atoms with Crippen LogP contribution in [-0.2, 0) is 7.05 Å². The van der Waals surface area contributed by atoms with E-state index >= 15 is 0 Å². The molecule has 0 spiro atoms. The Bertz CT molecular complexity index is 666. The van der Waals surface area contributed by atoms with Crippen molar-refractivity contribution in [1.82, 2.24) is 25.5 Å². The minimum absolute atomic E-state index is 0.128. The Morgan fingerprint density at radius 2 is 2.10 bits per heavy atom. The summed E-state index contributed by atoms with van der Waals surface area (Å²) in [5.41, 5.74) is 2.57. The first kappa shape index (κ1) is 14.1. The molecule has 0 aliphatic heterocycles. The number of anilines is 1. The molecular weight excluding hydrogens is 276 g/mol. The zero-order chi connectivity index (χ0) is 14.7. The molecule has 0 radical (unpaired) electrons. The topological polar surface area (TPSA) is 84.7 Å². The minimum atomic E-state index is -0.274. The fraction of sp³-hybridized carbons (Fsp3) is 0.250. The van der Waals surface area contributed by atoms with Gasteiger partial charge in [0.1, 0.15) is 0 Å². The van der Waals surface area contributed by atoms with Crippen LogP contribution in [0.15, 0.2) is 18.2 Å². The Balaban J connectivity index is 2.02. The average Bonchev–Trinajstić information content (AvgIpc) is 2.74. The Hall–Kier alpha value is -2.35. The zero-order valence-corrected chi connectivity index (χ0v) is 12.2. The third kappa shape index (κ3) is 3.35. The second kappa shape index (κ2) is 5.74. The van der Waals surface area contributed by atoms with Crippen LogP contribution in [0, 0.1) is 13.8 Å². The number of hydrogen-bond donors (Lipinski definition) is 2. The van der Waals surface area contributed by atoms with Gasteiger partial charge in [0, 0.05) is 5.56 Å². The zero-order valence-electron chi connectivity index (χ0n) is 11.3. The van der Waals surface area contributed by atoms with Gasteiger partial charge in [-0.25, -0.2) is 0 Å². The number of carbonyl (C=O) groups excluding carboxylic acids is 1. The van der Waals surface area contributed by atoms with E-state index in [-0.39, 0.29) is 17.0 Å². The third-order valence-corrected chi connectivity index (χ3v) is 2.79. The molecule has 0 aliphatic rings. The summed E-state index contributed by atoms with van der Waals surface area (Å²) in [5, 5.41) is 16.7. The molecular formula is C12H14N6OS. The summed E-state index contributed by atoms with van der Waals surface area (Å²) < 4.78 is 0. The standard InChI is InChI=1S/C12H14N6OS/c1-7-4-5-9(8(2)6-7)10(19)13-12(20)14-11-15-17-18(3)16-11/h4-6H,1-3H3,(H2,13,14,16,19,20). The molecule has 20 heavy (non-hydrogen) atoms. The molecule has 1 aromatic heterocycles. The maximum absolute atomic E-state index is 12.1. The van der Waals surface area contributed by atoms with Gasteiger partial charge in [-0.05, 0) is 42.9 Å². The highest BCUT2D eigenvalue weighted by atomic mass is 32.1. The average molecular weight is 290 g/mol. The lowest BCUT2D eigenvalue weighted by atomic mass is 10.1. The van der Waals surface area contributed by atoms with Gasteiger partial charge in [-0.3, -0.25) is 15.4 Å². The highest BCUT2D eigenvalue weighted by molar-refractivity contribution is 7.80. The van der Waals surface area contributed by atoms with Crippen LogP contribution >= 0.6 is 12.2 Å². The first-order valence-electron chi connectivity index (χ1n) is 5.89. The molecule has 0 aliphatic carbocycles. The molecule has 0 unspecified atom stereocenters. The highest BCUT2D eigenvalue weighted by Crippen LogP contribution is 2.10. The van der Waals surface area contributed by atoms with E-state index in [9.17, 15) is 4.79 Å². The molecule has 0 bridgehead atoms. The molecule has 1 aromatic carbocycles. The van der Waals surface area contributed by atoms with E-state index in [2.05, 4.69) is 26.0 Å². The van der Waals surface area contributed by atoms with Crippen molar-refractivity contribution in [3.63, 3.8) is 0 Å². The summed E-state index contributed by atoms with van der Waals surface area (Å²) in [6.45, 7) is 3.85. The molecule has 0 fully saturated rings. The molecule has 0 saturated carbocycles. The van der Waals surface area contributed by atoms with Crippen molar-refractivity contribution in [3.8, 4) is 0 Å². The van der Waals surface area contributed by atoms with Crippen LogP contribution in [-0.4, -0.2) is 31.2 Å². The van der Waals surface area contributed by atoms with Crippen LogP contribution in [0.1, 0.15) is 21.5 Å². The van der Waals surface area contributed by atoms with E-state index in [0.717, 1.165) is 11.1 Å². The van der Waals surface area contributed by atoms with E-state index in [0.29, 0.717) is 5.56 Å². The summed E-state index contributed by atoms with van der Waals surface area (Å²) >= 11 is 5.03. The summed E-state index contributed by atoms with van der Waals surface area (Å²) in [6, 6.07) is 5.58. The van der Waals surface area contributed by atoms with Gasteiger partial charge in [0.15, 0.2) is 5.11 Å². The van der Waals surface area contributed by atoms with Gasteiger partial charge < -0.3 is 0 Å². The molecule has 1 amide bonds. The Morgan fingerprint density at radius 3 is 2.70 bits per heavy atom. The number of amides is 1. The van der Waals surface area contributed by atoms with Gasteiger partial charge in [-0.1, -0.05) is 22.8 Å². The quantitative estimate of drug-likeness (QED) is 0.801. The number of aromatic nitrogens is 4. The summed E-state index contributed by atoms with van der Waals surface area (Å²) in [7, 11) is 1.63. The lowest BCUT2D eigenvalue weighted by Gasteiger charge is -2.09. The van der Waals surface area contributed by atoms with Gasteiger partial charge >= 0.3 is 0 Å². The van der Waals surface area contributed by atoms with Gasteiger partial charge in [0.2, 0.25) is 0 Å². The molecule has 0 atom stereocenters. The van der Waals surface area contributed by atoms with E-state index < -0.39 is 0 Å². The number of rotatable bonds is 2. The van der Waals surface area contributed by atoms with Gasteiger partial charge in [-0.15, -0.1) is 5.10 Å². The number of aryl methyl sites for hydroxylation is 3. The Labute approximate surface area is 121 Å². The van der Waals surface area contributed by atoms with Gasteiger partial charge in [0.05, 0.1) is 7.05 Å². The summed E-state index contributed by atoms with van der Waals surface area (Å²) in [5.74, 6) is -0.0395. The molecule has 104 valence electrons. The third-order valence-electron chi connectivity index (χ3n) is 2.59. The summed E-state index contributed by atoms with van der Waals surface area (Å²) in [4.78, 5) is 13.4. The van der Waals surface area contributed by atoms with Crippen LogP contribution < -0.4 is 10.6 Å². The maximum Gasteiger partial charge on any atom is 0.269 e. The Morgan fingerprint density at radius 1 is 1.35 bits per heavy atom. The number of nitrogens with zero attached hydrogens (tertiary/aromatic N) is 4. The normalized spacial score (nSPS) is 10.2. The predicted molar refractivity (Wildman–Crippen MR) is 78.4 cm³/mol. The fourth-order valence-corrected chi connectivity index (χ4v) is 1.89. The van der Waals surface area contributed by atoms with Crippen molar-refractivity contribution >= 4 is 29.2 Å². The molecule has 0 saturated heterocycles. The van der Waals surface area contributed by atoms with Crippen molar-refractivity contribution in [3.05, 3.63) is 34.9 Å². The van der Waals surface area contributed by atoms with E-state index in [1.165, 1.54) is 4.80 Å². The smallest absolute Gasteiger partial charge is 0.269 e. The van der Waals surface area contributed by atoms with Crippen molar-refractivity contribution in [2.75, 3.05) is 5.32 Å². The number of carbonyl (C=O) groups is 1. The van der Waals surface area contributed by atoms with Gasteiger partial charge in [-0.2, -0.15) is 4.80 Å². The van der Waals surface area contributed by atoms with E-state index in [1.807, 2.05) is 26.0 Å². The van der Waals surface area contributed by atoms with Crippen LogP contribution in [0.3, 0.4) is 0 Å². The minimum Gasteiger partial charge on any atom is -0.299 e. The lowest BCUT2D eigenvalue weighted by molar-refractivity contribution is 0.0977. The van der Waals surface area contributed by atoms with Crippen molar-refractivity contribution < 1.29 is 4.79 Å². The Kier molecular flexibility index (Phi) is 4.04. The number of tetrazole rings is 1. The number of thiocarbonyl (C=S) groups is 1. The first-order chi connectivity index (χ1) is 9.45. The van der Waals surface area contributed by atoms with Crippen LogP contribution in [0.2, 0.25) is 0 Å². The predicted octanol–water partition coefficient (Wildman–Crippen LogP) is 0.954. The highest BCUT2D eigenvalue weighted by Gasteiger charge is 2.11. The maximum atomic E-state index is 12.1. The monoisotopic (exact) mass is 290 g/mol. The van der Waals surface area contributed by atoms with E-state index in [1.54, 1.807) is 13.1 Å². The van der Waals surface area contributed by atoms with Crippen LogP contribution in [0.4, 0.5) is 5.95 Å². The van der Waals surface area contributed by atoms with Crippen LogP contribution in [0.5, 0.6) is 0 Å².